The number of hydrogen-bond acceptors (Lipinski definition) is 3. The van der Waals surface area contributed by atoms with Gasteiger partial charge in [-0.05, 0) is 12.1 Å². The molecular weight excluding hydrogens is 229 g/mol. The lowest BCUT2D eigenvalue weighted by Crippen LogP contribution is -2.41. The molecule has 2 rings (SSSR count). The number of halogens is 3. The van der Waals surface area contributed by atoms with E-state index in [0.29, 0.717) is 4.90 Å². The standard InChI is InChI=1S/C9H7F3O2S/c10-5-1-2-7-6(3-5)14-9(11,12)8(4-13)15-7/h1-3,8,13H,4H2. The second-order valence-electron chi connectivity index (χ2n) is 3.04. The summed E-state index contributed by atoms with van der Waals surface area (Å²) in [7, 11) is 0. The number of aliphatic hydroxyl groups excluding tert-OH is 1. The van der Waals surface area contributed by atoms with E-state index in [-0.39, 0.29) is 5.75 Å². The summed E-state index contributed by atoms with van der Waals surface area (Å²) in [6.45, 7) is -0.700. The van der Waals surface area contributed by atoms with Crippen LogP contribution in [0.3, 0.4) is 0 Å². The molecule has 82 valence electrons. The van der Waals surface area contributed by atoms with Crippen molar-refractivity contribution in [3.05, 3.63) is 24.0 Å². The van der Waals surface area contributed by atoms with Gasteiger partial charge in [0.15, 0.2) is 0 Å². The first kappa shape index (κ1) is 10.6. The lowest BCUT2D eigenvalue weighted by Gasteiger charge is -2.30. The van der Waals surface area contributed by atoms with E-state index in [2.05, 4.69) is 4.74 Å². The van der Waals surface area contributed by atoms with Gasteiger partial charge in [-0.25, -0.2) is 4.39 Å². The van der Waals surface area contributed by atoms with E-state index in [1.165, 1.54) is 6.07 Å². The molecule has 15 heavy (non-hydrogen) atoms. The normalized spacial score (nSPS) is 23.1. The lowest BCUT2D eigenvalue weighted by atomic mass is 10.3. The van der Waals surface area contributed by atoms with Crippen molar-refractivity contribution in [1.82, 2.24) is 0 Å². The fourth-order valence-corrected chi connectivity index (χ4v) is 2.17. The minimum atomic E-state index is -3.47. The molecule has 0 spiro atoms. The monoisotopic (exact) mass is 236 g/mol. The first-order chi connectivity index (χ1) is 7.03. The fourth-order valence-electron chi connectivity index (χ4n) is 1.24. The molecule has 0 aliphatic carbocycles. The Balaban J connectivity index is 2.38. The Morgan fingerprint density at radius 2 is 2.20 bits per heavy atom. The zero-order chi connectivity index (χ0) is 11.1. The summed E-state index contributed by atoms with van der Waals surface area (Å²) in [6, 6.07) is 3.42. The molecule has 6 heteroatoms. The van der Waals surface area contributed by atoms with Gasteiger partial charge >= 0.3 is 6.11 Å². The second-order valence-corrected chi connectivity index (χ2v) is 4.29. The molecule has 1 heterocycles. The zero-order valence-corrected chi connectivity index (χ0v) is 8.23. The third-order valence-corrected chi connectivity index (χ3v) is 3.26. The quantitative estimate of drug-likeness (QED) is 0.811. The Labute approximate surface area is 88.0 Å². The van der Waals surface area contributed by atoms with Gasteiger partial charge in [0.2, 0.25) is 0 Å². The van der Waals surface area contributed by atoms with Gasteiger partial charge < -0.3 is 9.84 Å². The van der Waals surface area contributed by atoms with Crippen molar-refractivity contribution in [3.8, 4) is 5.75 Å². The second kappa shape index (κ2) is 3.61. The molecule has 0 saturated carbocycles. The number of alkyl halides is 2. The molecular formula is C9H7F3O2S. The summed E-state index contributed by atoms with van der Waals surface area (Å²) in [5.74, 6) is -0.817. The average molecular weight is 236 g/mol. The van der Waals surface area contributed by atoms with Crippen LogP contribution in [-0.4, -0.2) is 23.1 Å². The molecule has 0 radical (unpaired) electrons. The predicted molar refractivity (Wildman–Crippen MR) is 48.7 cm³/mol. The molecule has 1 N–H and O–H groups in total. The summed E-state index contributed by atoms with van der Waals surface area (Å²) < 4.78 is 43.4. The minimum Gasteiger partial charge on any atom is -0.430 e. The van der Waals surface area contributed by atoms with Crippen molar-refractivity contribution in [2.75, 3.05) is 6.61 Å². The number of hydrogen-bond donors (Lipinski definition) is 1. The molecule has 0 fully saturated rings. The van der Waals surface area contributed by atoms with Crippen LogP contribution in [0.25, 0.3) is 0 Å². The molecule has 0 aromatic heterocycles. The van der Waals surface area contributed by atoms with Crippen molar-refractivity contribution < 1.29 is 23.0 Å². The Morgan fingerprint density at radius 3 is 2.87 bits per heavy atom. The molecule has 1 aromatic carbocycles. The van der Waals surface area contributed by atoms with Crippen LogP contribution in [0.5, 0.6) is 5.75 Å². The highest BCUT2D eigenvalue weighted by Crippen LogP contribution is 2.45. The largest absolute Gasteiger partial charge is 0.430 e. The van der Waals surface area contributed by atoms with E-state index in [9.17, 15) is 13.2 Å². The summed E-state index contributed by atoms with van der Waals surface area (Å²) in [6.07, 6.45) is -3.47. The van der Waals surface area contributed by atoms with Crippen molar-refractivity contribution in [3.63, 3.8) is 0 Å². The third-order valence-electron chi connectivity index (χ3n) is 1.96. The maximum Gasteiger partial charge on any atom is 0.412 e. The van der Waals surface area contributed by atoms with E-state index in [1.54, 1.807) is 0 Å². The molecule has 1 aromatic rings. The van der Waals surface area contributed by atoms with Gasteiger partial charge in [0.25, 0.3) is 0 Å². The van der Waals surface area contributed by atoms with E-state index in [0.717, 1.165) is 23.9 Å². The van der Waals surface area contributed by atoms with Crippen LogP contribution in [0.4, 0.5) is 13.2 Å². The molecule has 0 saturated heterocycles. The highest BCUT2D eigenvalue weighted by Gasteiger charge is 2.46. The SMILES string of the molecule is OCC1Sc2ccc(F)cc2OC1(F)F. The van der Waals surface area contributed by atoms with Gasteiger partial charge in [-0.15, -0.1) is 11.8 Å². The number of aliphatic hydroxyl groups is 1. The summed E-state index contributed by atoms with van der Waals surface area (Å²) in [4.78, 5) is 0.404. The van der Waals surface area contributed by atoms with Gasteiger partial charge in [-0.1, -0.05) is 0 Å². The molecule has 2 nitrogen and oxygen atoms in total. The number of fused-ring (bicyclic) bond motifs is 1. The maximum absolute atomic E-state index is 13.2. The molecule has 1 atom stereocenters. The summed E-state index contributed by atoms with van der Waals surface area (Å²) in [5.41, 5.74) is 0. The van der Waals surface area contributed by atoms with Gasteiger partial charge in [0.05, 0.1) is 11.5 Å². The van der Waals surface area contributed by atoms with Crippen LogP contribution in [-0.2, 0) is 0 Å². The average Bonchev–Trinajstić information content (AvgIpc) is 2.15. The predicted octanol–water partition coefficient (Wildman–Crippen LogP) is 2.26. The van der Waals surface area contributed by atoms with E-state index < -0.39 is 23.8 Å². The zero-order valence-electron chi connectivity index (χ0n) is 7.41. The van der Waals surface area contributed by atoms with E-state index >= 15 is 0 Å². The first-order valence-electron chi connectivity index (χ1n) is 4.17. The van der Waals surface area contributed by atoms with Crippen LogP contribution in [0.1, 0.15) is 0 Å². The molecule has 1 unspecified atom stereocenters. The third kappa shape index (κ3) is 1.91. The summed E-state index contributed by atoms with van der Waals surface area (Å²) >= 11 is 0.781. The van der Waals surface area contributed by atoms with Crippen molar-refractivity contribution >= 4 is 11.8 Å². The maximum atomic E-state index is 13.2. The highest BCUT2D eigenvalue weighted by molar-refractivity contribution is 8.00. The van der Waals surface area contributed by atoms with Crippen LogP contribution >= 0.6 is 11.8 Å². The Bertz CT molecular complexity index is 384. The lowest BCUT2D eigenvalue weighted by molar-refractivity contribution is -0.184. The topological polar surface area (TPSA) is 29.5 Å². The number of thioether (sulfide) groups is 1. The van der Waals surface area contributed by atoms with Crippen molar-refractivity contribution in [2.24, 2.45) is 0 Å². The summed E-state index contributed by atoms with van der Waals surface area (Å²) in [5, 5.41) is 7.40. The van der Waals surface area contributed by atoms with Crippen molar-refractivity contribution in [2.45, 2.75) is 16.3 Å². The first-order valence-corrected chi connectivity index (χ1v) is 5.05. The van der Waals surface area contributed by atoms with Crippen molar-refractivity contribution in [1.29, 1.82) is 0 Å². The number of benzene rings is 1. The molecule has 1 aliphatic rings. The molecule has 1 aliphatic heterocycles. The van der Waals surface area contributed by atoms with E-state index in [4.69, 9.17) is 5.11 Å². The van der Waals surface area contributed by atoms with Gasteiger partial charge in [-0.2, -0.15) is 8.78 Å². The Kier molecular flexibility index (Phi) is 2.56. The number of ether oxygens (including phenoxy) is 1. The smallest absolute Gasteiger partial charge is 0.412 e. The molecule has 0 bridgehead atoms. The fraction of sp³-hybridized carbons (Fsp3) is 0.333. The van der Waals surface area contributed by atoms with Gasteiger partial charge in [-0.3, -0.25) is 0 Å². The van der Waals surface area contributed by atoms with Crippen LogP contribution in [0.2, 0.25) is 0 Å². The Hall–Kier alpha value is -0.880. The van der Waals surface area contributed by atoms with Crippen LogP contribution in [0, 0.1) is 5.82 Å². The number of rotatable bonds is 1. The van der Waals surface area contributed by atoms with E-state index in [1.807, 2.05) is 0 Å². The van der Waals surface area contributed by atoms with Gasteiger partial charge in [0.1, 0.15) is 16.8 Å². The van der Waals surface area contributed by atoms with Crippen LogP contribution in [0.15, 0.2) is 23.1 Å². The molecule has 0 amide bonds. The Morgan fingerprint density at radius 1 is 1.47 bits per heavy atom. The van der Waals surface area contributed by atoms with Crippen LogP contribution < -0.4 is 4.74 Å². The van der Waals surface area contributed by atoms with Gasteiger partial charge in [0, 0.05) is 6.07 Å². The minimum absolute atomic E-state index is 0.185. The highest BCUT2D eigenvalue weighted by atomic mass is 32.2.